The lowest BCUT2D eigenvalue weighted by Crippen LogP contribution is -2.20. The van der Waals surface area contributed by atoms with Crippen LogP contribution in [-0.2, 0) is 4.79 Å². The van der Waals surface area contributed by atoms with E-state index in [0.29, 0.717) is 28.3 Å². The maximum Gasteiger partial charge on any atom is 0.269 e. The number of carbonyl (C=O) groups is 1. The van der Waals surface area contributed by atoms with Crippen molar-refractivity contribution in [2.75, 3.05) is 5.32 Å². The third-order valence-corrected chi connectivity index (χ3v) is 5.74. The van der Waals surface area contributed by atoms with E-state index >= 15 is 0 Å². The highest BCUT2D eigenvalue weighted by Gasteiger charge is 2.16. The molecule has 4 rings (SSSR count). The Labute approximate surface area is 191 Å². The predicted molar refractivity (Wildman–Crippen MR) is 126 cm³/mol. The predicted octanol–water partition coefficient (Wildman–Crippen LogP) is 3.86. The summed E-state index contributed by atoms with van der Waals surface area (Å²) in [7, 11) is 0. The molecule has 166 valence electrons. The zero-order valence-corrected chi connectivity index (χ0v) is 18.4. The third-order valence-electron chi connectivity index (χ3n) is 4.85. The Morgan fingerprint density at radius 3 is 2.64 bits per heavy atom. The smallest absolute Gasteiger partial charge is 0.269 e. The molecule has 11 heteroatoms. The molecule has 1 aromatic carbocycles. The molecule has 3 heterocycles. The minimum absolute atomic E-state index is 0.0310. The third kappa shape index (κ3) is 4.77. The first-order chi connectivity index (χ1) is 15.8. The van der Waals surface area contributed by atoms with E-state index in [2.05, 4.69) is 20.4 Å². The Bertz CT molecular complexity index is 1420. The molecule has 0 aliphatic heterocycles. The molecular weight excluding hydrogens is 444 g/mol. The van der Waals surface area contributed by atoms with Gasteiger partial charge in [-0.3, -0.25) is 24.7 Å². The Kier molecular flexibility index (Phi) is 5.96. The largest absolute Gasteiger partial charge is 0.307 e. The molecule has 1 amide bonds. The number of hydrogen-bond donors (Lipinski definition) is 2. The van der Waals surface area contributed by atoms with Crippen LogP contribution in [0, 0.1) is 24.0 Å². The van der Waals surface area contributed by atoms with E-state index in [1.807, 2.05) is 17.5 Å². The Morgan fingerprint density at radius 1 is 1.24 bits per heavy atom. The number of nitrogens with one attached hydrogen (secondary N) is 2. The van der Waals surface area contributed by atoms with E-state index < -0.39 is 10.8 Å². The monoisotopic (exact) mass is 462 g/mol. The van der Waals surface area contributed by atoms with E-state index in [-0.39, 0.29) is 17.2 Å². The van der Waals surface area contributed by atoms with Crippen LogP contribution < -0.4 is 10.9 Å². The lowest BCUT2D eigenvalue weighted by atomic mass is 10.2. The number of anilines is 1. The number of H-pyrrole nitrogens is 1. The molecule has 10 nitrogen and oxygen atoms in total. The van der Waals surface area contributed by atoms with Gasteiger partial charge in [0.2, 0.25) is 11.9 Å². The first kappa shape index (κ1) is 21.8. The quantitative estimate of drug-likeness (QED) is 0.254. The molecule has 0 aliphatic rings. The molecule has 33 heavy (non-hydrogen) atoms. The number of aryl methyl sites for hydroxylation is 1. The average molecular weight is 462 g/mol. The lowest BCUT2D eigenvalue weighted by Gasteiger charge is -2.08. The van der Waals surface area contributed by atoms with Gasteiger partial charge < -0.3 is 5.32 Å². The van der Waals surface area contributed by atoms with Gasteiger partial charge in [0.15, 0.2) is 0 Å². The fraction of sp³-hybridized carbons (Fsp3) is 0.0909. The summed E-state index contributed by atoms with van der Waals surface area (Å²) in [6.45, 7) is 3.40. The Hall–Kier alpha value is -4.38. The van der Waals surface area contributed by atoms with Crippen molar-refractivity contribution < 1.29 is 9.72 Å². The standard InChI is InChI=1S/C22H18N6O4S/c1-13-14(2)23-22(25-21(13)30)27-19(12-17(26-27)18-4-3-11-33-18)24-20(29)10-7-15-5-8-16(9-6-15)28(31)32/h3-12H,1-2H3,(H,24,29)(H,23,25,30)/b10-7-. The molecule has 4 aromatic rings. The average Bonchev–Trinajstić information content (AvgIpc) is 3.46. The number of nitrogens with zero attached hydrogens (tertiary/aromatic N) is 4. The number of aromatic nitrogens is 4. The van der Waals surface area contributed by atoms with Crippen molar-refractivity contribution in [1.29, 1.82) is 0 Å². The number of nitro benzene ring substituents is 1. The van der Waals surface area contributed by atoms with Crippen LogP contribution in [0.4, 0.5) is 11.5 Å². The second kappa shape index (κ2) is 9.01. The summed E-state index contributed by atoms with van der Waals surface area (Å²) in [4.78, 5) is 43.1. The van der Waals surface area contributed by atoms with Gasteiger partial charge in [0.25, 0.3) is 11.2 Å². The molecule has 0 spiro atoms. The number of benzene rings is 1. The number of hydrogen-bond acceptors (Lipinski definition) is 7. The molecule has 3 aromatic heterocycles. The Balaban J connectivity index is 1.64. The van der Waals surface area contributed by atoms with Crippen molar-refractivity contribution in [3.63, 3.8) is 0 Å². The molecule has 0 unspecified atom stereocenters. The number of aromatic amines is 1. The molecule has 0 saturated heterocycles. The van der Waals surface area contributed by atoms with Crippen molar-refractivity contribution in [3.05, 3.63) is 91.2 Å². The number of non-ortho nitro benzene ring substituents is 1. The van der Waals surface area contributed by atoms with E-state index in [1.54, 1.807) is 32.0 Å². The molecule has 0 atom stereocenters. The van der Waals surface area contributed by atoms with E-state index in [0.717, 1.165) is 4.88 Å². The first-order valence-electron chi connectivity index (χ1n) is 9.77. The van der Waals surface area contributed by atoms with E-state index in [1.165, 1.54) is 40.3 Å². The van der Waals surface area contributed by atoms with Crippen LogP contribution in [0.25, 0.3) is 22.6 Å². The minimum Gasteiger partial charge on any atom is -0.307 e. The zero-order chi connectivity index (χ0) is 23.5. The van der Waals surface area contributed by atoms with Crippen molar-refractivity contribution >= 4 is 34.8 Å². The molecule has 0 bridgehead atoms. The summed E-state index contributed by atoms with van der Waals surface area (Å²) in [6.07, 6.45) is 2.84. The van der Waals surface area contributed by atoms with Crippen LogP contribution in [0.1, 0.15) is 16.8 Å². The normalized spacial score (nSPS) is 11.1. The summed E-state index contributed by atoms with van der Waals surface area (Å²) in [5.74, 6) is 0.0575. The summed E-state index contributed by atoms with van der Waals surface area (Å²) < 4.78 is 1.38. The van der Waals surface area contributed by atoms with Gasteiger partial charge >= 0.3 is 0 Å². The maximum atomic E-state index is 12.6. The SMILES string of the molecule is Cc1nc(-n2nc(-c3cccs3)cc2NC(=O)/C=C\c2ccc([N+](=O)[O-])cc2)[nH]c(=O)c1C. The van der Waals surface area contributed by atoms with Crippen molar-refractivity contribution in [1.82, 2.24) is 19.7 Å². The van der Waals surface area contributed by atoms with Crippen molar-refractivity contribution in [2.24, 2.45) is 0 Å². The van der Waals surface area contributed by atoms with Gasteiger partial charge in [-0.1, -0.05) is 6.07 Å². The summed E-state index contributed by atoms with van der Waals surface area (Å²) in [6, 6.07) is 11.3. The Morgan fingerprint density at radius 2 is 2.00 bits per heavy atom. The lowest BCUT2D eigenvalue weighted by molar-refractivity contribution is -0.384. The van der Waals surface area contributed by atoms with Crippen LogP contribution in [0.3, 0.4) is 0 Å². The van der Waals surface area contributed by atoms with Crippen LogP contribution >= 0.6 is 11.3 Å². The van der Waals surface area contributed by atoms with Gasteiger partial charge in [-0.25, -0.2) is 4.98 Å². The van der Waals surface area contributed by atoms with Gasteiger partial charge in [-0.05, 0) is 49.1 Å². The summed E-state index contributed by atoms with van der Waals surface area (Å²) in [5.41, 5.74) is 1.97. The fourth-order valence-corrected chi connectivity index (χ4v) is 3.64. The second-order valence-electron chi connectivity index (χ2n) is 7.08. The van der Waals surface area contributed by atoms with Crippen LogP contribution in [0.2, 0.25) is 0 Å². The highest BCUT2D eigenvalue weighted by molar-refractivity contribution is 7.13. The van der Waals surface area contributed by atoms with Gasteiger partial charge in [0.1, 0.15) is 11.5 Å². The number of thiophene rings is 1. The number of amides is 1. The summed E-state index contributed by atoms with van der Waals surface area (Å²) in [5, 5.41) is 20.0. The van der Waals surface area contributed by atoms with Crippen LogP contribution in [0.5, 0.6) is 0 Å². The highest BCUT2D eigenvalue weighted by atomic mass is 32.1. The molecular formula is C22H18N6O4S. The fourth-order valence-electron chi connectivity index (χ4n) is 2.95. The van der Waals surface area contributed by atoms with Crippen LogP contribution in [-0.4, -0.2) is 30.6 Å². The van der Waals surface area contributed by atoms with Gasteiger partial charge in [-0.15, -0.1) is 11.3 Å². The van der Waals surface area contributed by atoms with Gasteiger partial charge in [0.05, 0.1) is 9.80 Å². The molecule has 0 saturated carbocycles. The number of nitro groups is 1. The molecule has 0 radical (unpaired) electrons. The highest BCUT2D eigenvalue weighted by Crippen LogP contribution is 2.27. The number of carbonyl (C=O) groups excluding carboxylic acids is 1. The summed E-state index contributed by atoms with van der Waals surface area (Å²) >= 11 is 1.49. The topological polar surface area (TPSA) is 136 Å². The van der Waals surface area contributed by atoms with E-state index in [4.69, 9.17) is 0 Å². The van der Waals surface area contributed by atoms with Crippen molar-refractivity contribution in [3.8, 4) is 16.5 Å². The molecule has 0 fully saturated rings. The van der Waals surface area contributed by atoms with Gasteiger partial charge in [-0.2, -0.15) is 9.78 Å². The van der Waals surface area contributed by atoms with E-state index in [9.17, 15) is 19.7 Å². The van der Waals surface area contributed by atoms with Gasteiger partial charge in [0, 0.05) is 35.5 Å². The molecule has 0 aliphatic carbocycles. The van der Waals surface area contributed by atoms with Crippen molar-refractivity contribution in [2.45, 2.75) is 13.8 Å². The number of rotatable bonds is 6. The maximum absolute atomic E-state index is 12.6. The first-order valence-corrected chi connectivity index (χ1v) is 10.6. The zero-order valence-electron chi connectivity index (χ0n) is 17.6. The molecule has 2 N–H and O–H groups in total. The second-order valence-corrected chi connectivity index (χ2v) is 8.02. The van der Waals surface area contributed by atoms with Crippen LogP contribution in [0.15, 0.2) is 58.7 Å². The minimum atomic E-state index is -0.488.